The van der Waals surface area contributed by atoms with Gasteiger partial charge in [0.1, 0.15) is 11.6 Å². The molecule has 158 valence electrons. The summed E-state index contributed by atoms with van der Waals surface area (Å²) >= 11 is 12.2. The highest BCUT2D eigenvalue weighted by molar-refractivity contribution is 6.35. The summed E-state index contributed by atoms with van der Waals surface area (Å²) in [6.07, 6.45) is 7.40. The van der Waals surface area contributed by atoms with Gasteiger partial charge in [-0.1, -0.05) is 35.7 Å². The zero-order chi connectivity index (χ0) is 20.5. The molecule has 0 aliphatic carbocycles. The van der Waals surface area contributed by atoms with Gasteiger partial charge < -0.3 is 15.2 Å². The molecule has 1 aliphatic rings. The van der Waals surface area contributed by atoms with Gasteiger partial charge in [-0.2, -0.15) is 0 Å². The van der Waals surface area contributed by atoms with Gasteiger partial charge >= 0.3 is 0 Å². The Labute approximate surface area is 183 Å². The lowest BCUT2D eigenvalue weighted by molar-refractivity contribution is 0.600. The number of aryl methyl sites for hydroxylation is 2. The molecule has 0 atom stereocenters. The first kappa shape index (κ1) is 21.9. The van der Waals surface area contributed by atoms with Crippen LogP contribution in [-0.2, 0) is 25.8 Å². The molecule has 2 aromatic rings. The molecule has 1 aromatic carbocycles. The highest BCUT2D eigenvalue weighted by Crippen LogP contribution is 2.22. The van der Waals surface area contributed by atoms with Gasteiger partial charge in [0.05, 0.1) is 0 Å². The van der Waals surface area contributed by atoms with E-state index in [0.29, 0.717) is 5.02 Å². The molecule has 2 N–H and O–H groups in total. The first-order valence-electron chi connectivity index (χ1n) is 10.5. The van der Waals surface area contributed by atoms with Gasteiger partial charge in [-0.3, -0.25) is 4.99 Å². The van der Waals surface area contributed by atoms with Crippen LogP contribution >= 0.6 is 23.2 Å². The zero-order valence-electron chi connectivity index (χ0n) is 17.1. The molecule has 0 bridgehead atoms. The van der Waals surface area contributed by atoms with Crippen molar-refractivity contribution < 1.29 is 0 Å². The number of hydrogen-bond acceptors (Lipinski definition) is 3. The fourth-order valence-corrected chi connectivity index (χ4v) is 4.05. The van der Waals surface area contributed by atoms with E-state index in [-0.39, 0.29) is 0 Å². The lowest BCUT2D eigenvalue weighted by atomic mass is 10.1. The quantitative estimate of drug-likeness (QED) is 0.372. The SMILES string of the molecule is CCNC(=NCCCc1ccc(Cl)cc1Cl)NCCc1nnc2n1CCCCC2. The molecular formula is C21H30Cl2N6. The molecule has 0 spiro atoms. The minimum atomic E-state index is 0.667. The van der Waals surface area contributed by atoms with Gasteiger partial charge in [-0.15, -0.1) is 10.2 Å². The van der Waals surface area contributed by atoms with E-state index in [1.165, 1.54) is 19.3 Å². The molecule has 1 aromatic heterocycles. The molecule has 0 unspecified atom stereocenters. The van der Waals surface area contributed by atoms with E-state index in [0.717, 1.165) is 80.1 Å². The summed E-state index contributed by atoms with van der Waals surface area (Å²) in [5.74, 6) is 3.05. The second-order valence-electron chi connectivity index (χ2n) is 7.27. The molecule has 0 fully saturated rings. The van der Waals surface area contributed by atoms with Gasteiger partial charge in [-0.05, 0) is 50.3 Å². The zero-order valence-corrected chi connectivity index (χ0v) is 18.6. The van der Waals surface area contributed by atoms with Gasteiger partial charge in [0.15, 0.2) is 5.96 Å². The summed E-state index contributed by atoms with van der Waals surface area (Å²) in [4.78, 5) is 4.68. The van der Waals surface area contributed by atoms with Crippen molar-refractivity contribution in [1.82, 2.24) is 25.4 Å². The van der Waals surface area contributed by atoms with Crippen LogP contribution in [-0.4, -0.2) is 40.4 Å². The summed E-state index contributed by atoms with van der Waals surface area (Å²) in [7, 11) is 0. The molecule has 0 saturated heterocycles. The van der Waals surface area contributed by atoms with Crippen LogP contribution in [0.15, 0.2) is 23.2 Å². The van der Waals surface area contributed by atoms with E-state index in [1.807, 2.05) is 12.1 Å². The molecule has 3 rings (SSSR count). The van der Waals surface area contributed by atoms with E-state index < -0.39 is 0 Å². The Morgan fingerprint density at radius 3 is 2.86 bits per heavy atom. The second kappa shape index (κ2) is 11.4. The van der Waals surface area contributed by atoms with Crippen molar-refractivity contribution in [2.75, 3.05) is 19.6 Å². The summed E-state index contributed by atoms with van der Waals surface area (Å²) in [6, 6.07) is 5.65. The third kappa shape index (κ3) is 6.61. The molecule has 0 radical (unpaired) electrons. The number of nitrogens with zero attached hydrogens (tertiary/aromatic N) is 4. The van der Waals surface area contributed by atoms with Crippen molar-refractivity contribution in [3.8, 4) is 0 Å². The standard InChI is InChI=1S/C21H30Cl2N6/c1-2-24-21(25-12-6-7-16-9-10-17(22)15-18(16)23)26-13-11-20-28-27-19-8-4-3-5-14-29(19)20/h9-10,15H,2-8,11-14H2,1H3,(H2,24,25,26). The van der Waals surface area contributed by atoms with Crippen LogP contribution in [0.1, 0.15) is 49.8 Å². The Hall–Kier alpha value is -1.79. The maximum absolute atomic E-state index is 6.24. The molecule has 0 amide bonds. The Kier molecular flexibility index (Phi) is 8.62. The summed E-state index contributed by atoms with van der Waals surface area (Å²) in [5, 5.41) is 16.9. The van der Waals surface area contributed by atoms with Crippen molar-refractivity contribution in [2.24, 2.45) is 4.99 Å². The highest BCUT2D eigenvalue weighted by Gasteiger charge is 2.14. The van der Waals surface area contributed by atoms with Crippen molar-refractivity contribution in [3.63, 3.8) is 0 Å². The highest BCUT2D eigenvalue weighted by atomic mass is 35.5. The predicted molar refractivity (Wildman–Crippen MR) is 120 cm³/mol. The van der Waals surface area contributed by atoms with Crippen LogP contribution in [0, 0.1) is 0 Å². The summed E-state index contributed by atoms with van der Waals surface area (Å²) in [5.41, 5.74) is 1.11. The van der Waals surface area contributed by atoms with Crippen LogP contribution in [0.4, 0.5) is 0 Å². The monoisotopic (exact) mass is 436 g/mol. The normalized spacial score (nSPS) is 14.4. The molecule has 6 nitrogen and oxygen atoms in total. The first-order valence-corrected chi connectivity index (χ1v) is 11.3. The maximum atomic E-state index is 6.24. The Morgan fingerprint density at radius 2 is 2.03 bits per heavy atom. The van der Waals surface area contributed by atoms with Gasteiger partial charge in [-0.25, -0.2) is 0 Å². The summed E-state index contributed by atoms with van der Waals surface area (Å²) in [6.45, 7) is 5.46. The van der Waals surface area contributed by atoms with Crippen molar-refractivity contribution in [1.29, 1.82) is 0 Å². The molecular weight excluding hydrogens is 407 g/mol. The first-order chi connectivity index (χ1) is 14.2. The lowest BCUT2D eigenvalue weighted by Crippen LogP contribution is -2.38. The van der Waals surface area contributed by atoms with Gasteiger partial charge in [0.25, 0.3) is 0 Å². The average molecular weight is 437 g/mol. The Morgan fingerprint density at radius 1 is 1.14 bits per heavy atom. The third-order valence-electron chi connectivity index (χ3n) is 5.06. The number of aromatic nitrogens is 3. The average Bonchev–Trinajstić information content (AvgIpc) is 2.93. The minimum absolute atomic E-state index is 0.667. The smallest absolute Gasteiger partial charge is 0.191 e. The van der Waals surface area contributed by atoms with Gasteiger partial charge in [0.2, 0.25) is 0 Å². The van der Waals surface area contributed by atoms with Crippen LogP contribution < -0.4 is 10.6 Å². The Bertz CT molecular complexity index is 817. The molecule has 0 saturated carbocycles. The van der Waals surface area contributed by atoms with Crippen LogP contribution in [0.5, 0.6) is 0 Å². The van der Waals surface area contributed by atoms with Gasteiger partial charge in [0, 0.05) is 49.1 Å². The largest absolute Gasteiger partial charge is 0.357 e. The van der Waals surface area contributed by atoms with Crippen molar-refractivity contribution in [2.45, 2.75) is 58.4 Å². The van der Waals surface area contributed by atoms with Crippen LogP contribution in [0.2, 0.25) is 10.0 Å². The van der Waals surface area contributed by atoms with E-state index in [4.69, 9.17) is 23.2 Å². The van der Waals surface area contributed by atoms with E-state index in [2.05, 4.69) is 37.3 Å². The maximum Gasteiger partial charge on any atom is 0.191 e. The number of nitrogens with one attached hydrogen (secondary N) is 2. The fourth-order valence-electron chi connectivity index (χ4n) is 3.55. The second-order valence-corrected chi connectivity index (χ2v) is 8.12. The topological polar surface area (TPSA) is 67.1 Å². The lowest BCUT2D eigenvalue weighted by Gasteiger charge is -2.12. The molecule has 2 heterocycles. The number of hydrogen-bond donors (Lipinski definition) is 2. The van der Waals surface area contributed by atoms with Crippen LogP contribution in [0.3, 0.4) is 0 Å². The number of halogens is 2. The van der Waals surface area contributed by atoms with E-state index >= 15 is 0 Å². The minimum Gasteiger partial charge on any atom is -0.357 e. The third-order valence-corrected chi connectivity index (χ3v) is 5.65. The number of benzene rings is 1. The van der Waals surface area contributed by atoms with E-state index in [9.17, 15) is 0 Å². The molecule has 8 heteroatoms. The predicted octanol–water partition coefficient (Wildman–Crippen LogP) is 4.04. The number of guanidine groups is 1. The fraction of sp³-hybridized carbons (Fsp3) is 0.571. The molecule has 29 heavy (non-hydrogen) atoms. The number of aliphatic imine (C=N–C) groups is 1. The Balaban J connectivity index is 1.46. The van der Waals surface area contributed by atoms with E-state index in [1.54, 1.807) is 6.07 Å². The van der Waals surface area contributed by atoms with Crippen LogP contribution in [0.25, 0.3) is 0 Å². The van der Waals surface area contributed by atoms with Crippen molar-refractivity contribution >= 4 is 29.2 Å². The number of fused-ring (bicyclic) bond motifs is 1. The summed E-state index contributed by atoms with van der Waals surface area (Å²) < 4.78 is 2.30. The number of rotatable bonds is 8. The van der Waals surface area contributed by atoms with Crippen molar-refractivity contribution in [3.05, 3.63) is 45.5 Å². The molecule has 1 aliphatic heterocycles.